The van der Waals surface area contributed by atoms with E-state index in [1.54, 1.807) is 6.92 Å². The van der Waals surface area contributed by atoms with E-state index in [9.17, 15) is 9.90 Å². The maximum absolute atomic E-state index is 11.0. The molecule has 1 saturated carbocycles. The highest BCUT2D eigenvalue weighted by Gasteiger charge is 2.21. The van der Waals surface area contributed by atoms with Gasteiger partial charge in [-0.15, -0.1) is 0 Å². The van der Waals surface area contributed by atoms with Crippen molar-refractivity contribution < 1.29 is 14.6 Å². The number of hydrogen-bond acceptors (Lipinski definition) is 4. The van der Waals surface area contributed by atoms with E-state index in [0.29, 0.717) is 24.9 Å². The van der Waals surface area contributed by atoms with Gasteiger partial charge in [-0.25, -0.2) is 0 Å². The number of rotatable bonds is 6. The minimum Gasteiger partial charge on any atom is -0.469 e. The molecule has 17 heavy (non-hydrogen) atoms. The third-order valence-electron chi connectivity index (χ3n) is 3.53. The van der Waals surface area contributed by atoms with E-state index in [1.807, 2.05) is 0 Å². The number of carbonyl (C=O) groups is 1. The van der Waals surface area contributed by atoms with Crippen LogP contribution in [0.15, 0.2) is 0 Å². The molecule has 2 N–H and O–H groups in total. The Balaban J connectivity index is 2.11. The number of hydrogen-bond donors (Lipinski definition) is 2. The van der Waals surface area contributed by atoms with Crippen molar-refractivity contribution in [1.29, 1.82) is 0 Å². The molecule has 1 unspecified atom stereocenters. The maximum atomic E-state index is 11.0. The molecular formula is C13H25NO3. The molecule has 4 heteroatoms. The average Bonchev–Trinajstić information content (AvgIpc) is 2.34. The van der Waals surface area contributed by atoms with Crippen LogP contribution < -0.4 is 5.32 Å². The van der Waals surface area contributed by atoms with Gasteiger partial charge >= 0.3 is 5.97 Å². The molecule has 1 atom stereocenters. The van der Waals surface area contributed by atoms with Gasteiger partial charge in [0.05, 0.1) is 13.2 Å². The summed E-state index contributed by atoms with van der Waals surface area (Å²) < 4.78 is 4.65. The van der Waals surface area contributed by atoms with Crippen LogP contribution in [-0.2, 0) is 9.53 Å². The van der Waals surface area contributed by atoms with Crippen molar-refractivity contribution in [2.45, 2.75) is 57.6 Å². The highest BCUT2D eigenvalue weighted by Crippen LogP contribution is 2.27. The minimum absolute atomic E-state index is 0.0978. The first-order chi connectivity index (χ1) is 8.11. The monoisotopic (exact) mass is 243 g/mol. The molecular weight excluding hydrogens is 218 g/mol. The first-order valence-corrected chi connectivity index (χ1v) is 6.60. The summed E-state index contributed by atoms with van der Waals surface area (Å²) in [6.45, 7) is 2.48. The summed E-state index contributed by atoms with van der Waals surface area (Å²) in [6, 6.07) is 0.541. The van der Waals surface area contributed by atoms with E-state index in [0.717, 1.165) is 19.3 Å². The minimum atomic E-state index is -0.271. The summed E-state index contributed by atoms with van der Waals surface area (Å²) in [5.41, 5.74) is 0. The largest absolute Gasteiger partial charge is 0.469 e. The Morgan fingerprint density at radius 2 is 2.06 bits per heavy atom. The van der Waals surface area contributed by atoms with Gasteiger partial charge in [0.15, 0.2) is 0 Å². The van der Waals surface area contributed by atoms with Crippen molar-refractivity contribution >= 4 is 5.97 Å². The molecule has 1 fully saturated rings. The summed E-state index contributed by atoms with van der Waals surface area (Å²) >= 11 is 0. The van der Waals surface area contributed by atoms with E-state index >= 15 is 0 Å². The lowest BCUT2D eigenvalue weighted by Crippen LogP contribution is -2.37. The molecule has 0 heterocycles. The van der Waals surface area contributed by atoms with Gasteiger partial charge in [-0.05, 0) is 44.9 Å². The van der Waals surface area contributed by atoms with Crippen LogP contribution in [0.4, 0.5) is 0 Å². The molecule has 0 aromatic rings. The van der Waals surface area contributed by atoms with E-state index in [4.69, 9.17) is 0 Å². The van der Waals surface area contributed by atoms with Crippen LogP contribution in [0.2, 0.25) is 0 Å². The summed E-state index contributed by atoms with van der Waals surface area (Å²) in [5.74, 6) is 0.568. The van der Waals surface area contributed by atoms with Gasteiger partial charge < -0.3 is 15.2 Å². The van der Waals surface area contributed by atoms with Crippen LogP contribution >= 0.6 is 0 Å². The zero-order valence-electron chi connectivity index (χ0n) is 10.9. The van der Waals surface area contributed by atoms with Gasteiger partial charge in [0.25, 0.3) is 0 Å². The van der Waals surface area contributed by atoms with Crippen LogP contribution in [-0.4, -0.2) is 36.9 Å². The lowest BCUT2D eigenvalue weighted by molar-refractivity contribution is -0.141. The number of aliphatic hydroxyl groups excluding tert-OH is 1. The summed E-state index contributed by atoms with van der Waals surface area (Å²) in [7, 11) is 1.44. The van der Waals surface area contributed by atoms with E-state index in [1.165, 1.54) is 20.0 Å². The quantitative estimate of drug-likeness (QED) is 0.694. The lowest BCUT2D eigenvalue weighted by Gasteiger charge is -2.29. The molecule has 1 aliphatic rings. The molecule has 1 rings (SSSR count). The lowest BCUT2D eigenvalue weighted by atomic mass is 9.83. The van der Waals surface area contributed by atoms with Crippen molar-refractivity contribution in [3.8, 4) is 0 Å². The molecule has 0 amide bonds. The third-order valence-corrected chi connectivity index (χ3v) is 3.53. The fourth-order valence-corrected chi connectivity index (χ4v) is 2.42. The Morgan fingerprint density at radius 1 is 1.41 bits per heavy atom. The van der Waals surface area contributed by atoms with Crippen molar-refractivity contribution in [3.05, 3.63) is 0 Å². The third kappa shape index (κ3) is 6.03. The number of esters is 1. The molecule has 0 saturated heterocycles. The second-order valence-corrected chi connectivity index (χ2v) is 5.09. The average molecular weight is 243 g/mol. The standard InChI is InChI=1S/C13H25NO3/c1-10(15)9-14-12-6-3-11(4-7-12)5-8-13(16)17-2/h10-12,14-15H,3-9H2,1-2H3. The van der Waals surface area contributed by atoms with E-state index < -0.39 is 0 Å². The molecule has 4 nitrogen and oxygen atoms in total. The zero-order valence-corrected chi connectivity index (χ0v) is 10.9. The smallest absolute Gasteiger partial charge is 0.305 e. The number of nitrogens with one attached hydrogen (secondary N) is 1. The number of ether oxygens (including phenoxy) is 1. The van der Waals surface area contributed by atoms with Gasteiger partial charge in [-0.1, -0.05) is 0 Å². The first-order valence-electron chi connectivity index (χ1n) is 6.60. The fraction of sp³-hybridized carbons (Fsp3) is 0.923. The Labute approximate surface area is 104 Å². The van der Waals surface area contributed by atoms with Crippen molar-refractivity contribution in [2.75, 3.05) is 13.7 Å². The van der Waals surface area contributed by atoms with Crippen molar-refractivity contribution in [3.63, 3.8) is 0 Å². The van der Waals surface area contributed by atoms with Gasteiger partial charge in [0.2, 0.25) is 0 Å². The molecule has 0 aromatic carbocycles. The topological polar surface area (TPSA) is 58.6 Å². The van der Waals surface area contributed by atoms with Crippen LogP contribution in [0.1, 0.15) is 45.4 Å². The van der Waals surface area contributed by atoms with Gasteiger partial charge in [0, 0.05) is 19.0 Å². The summed E-state index contributed by atoms with van der Waals surface area (Å²) in [6.07, 6.45) is 5.88. The second kappa shape index (κ2) is 7.67. The van der Waals surface area contributed by atoms with Crippen molar-refractivity contribution in [1.82, 2.24) is 5.32 Å². The van der Waals surface area contributed by atoms with Crippen LogP contribution in [0, 0.1) is 5.92 Å². The van der Waals surface area contributed by atoms with Crippen LogP contribution in [0.3, 0.4) is 0 Å². The zero-order chi connectivity index (χ0) is 12.7. The van der Waals surface area contributed by atoms with Gasteiger partial charge in [-0.2, -0.15) is 0 Å². The molecule has 1 aliphatic carbocycles. The van der Waals surface area contributed by atoms with Crippen LogP contribution in [0.25, 0.3) is 0 Å². The van der Waals surface area contributed by atoms with Crippen LogP contribution in [0.5, 0.6) is 0 Å². The number of carbonyl (C=O) groups excluding carboxylic acids is 1. The summed E-state index contributed by atoms with van der Waals surface area (Å²) in [4.78, 5) is 11.0. The maximum Gasteiger partial charge on any atom is 0.305 e. The Morgan fingerprint density at radius 3 is 2.59 bits per heavy atom. The molecule has 0 bridgehead atoms. The molecule has 0 aliphatic heterocycles. The SMILES string of the molecule is COC(=O)CCC1CCC(NCC(C)O)CC1. The molecule has 0 radical (unpaired) electrons. The van der Waals surface area contributed by atoms with Crippen molar-refractivity contribution in [2.24, 2.45) is 5.92 Å². The Kier molecular flexibility index (Phi) is 6.52. The van der Waals surface area contributed by atoms with E-state index in [-0.39, 0.29) is 12.1 Å². The number of methoxy groups -OCH3 is 1. The Hall–Kier alpha value is -0.610. The van der Waals surface area contributed by atoms with Gasteiger partial charge in [0.1, 0.15) is 0 Å². The predicted molar refractivity (Wildman–Crippen MR) is 66.7 cm³/mol. The first kappa shape index (κ1) is 14.5. The second-order valence-electron chi connectivity index (χ2n) is 5.09. The van der Waals surface area contributed by atoms with E-state index in [2.05, 4.69) is 10.1 Å². The predicted octanol–water partition coefficient (Wildman–Crippen LogP) is 1.47. The molecule has 100 valence electrons. The number of aliphatic hydroxyl groups is 1. The van der Waals surface area contributed by atoms with Gasteiger partial charge in [-0.3, -0.25) is 4.79 Å². The summed E-state index contributed by atoms with van der Waals surface area (Å²) in [5, 5.41) is 12.6. The normalized spacial score (nSPS) is 26.5. The molecule has 0 aromatic heterocycles. The Bertz CT molecular complexity index is 223. The highest BCUT2D eigenvalue weighted by atomic mass is 16.5. The highest BCUT2D eigenvalue weighted by molar-refractivity contribution is 5.69. The fourth-order valence-electron chi connectivity index (χ4n) is 2.42. The molecule has 0 spiro atoms.